The molecule has 2 aliphatic rings. The van der Waals surface area contributed by atoms with E-state index < -0.39 is 0 Å². The second-order valence-electron chi connectivity index (χ2n) is 5.00. The lowest BCUT2D eigenvalue weighted by Crippen LogP contribution is -2.46. The van der Waals surface area contributed by atoms with Gasteiger partial charge in [0.15, 0.2) is 0 Å². The van der Waals surface area contributed by atoms with Crippen LogP contribution in [0.4, 0.5) is 0 Å². The first kappa shape index (κ1) is 11.1. The predicted octanol–water partition coefficient (Wildman–Crippen LogP) is 1.33. The van der Waals surface area contributed by atoms with Crippen LogP contribution in [-0.4, -0.2) is 31.8 Å². The molecule has 3 heteroatoms. The summed E-state index contributed by atoms with van der Waals surface area (Å²) in [5.74, 6) is 1.07. The summed E-state index contributed by atoms with van der Waals surface area (Å²) in [5.41, 5.74) is 1.35. The van der Waals surface area contributed by atoms with Crippen molar-refractivity contribution in [2.24, 2.45) is 0 Å². The molecule has 0 spiro atoms. The fourth-order valence-corrected chi connectivity index (χ4v) is 2.69. The van der Waals surface area contributed by atoms with E-state index in [1.54, 1.807) is 0 Å². The number of rotatable bonds is 3. The van der Waals surface area contributed by atoms with Gasteiger partial charge in [-0.1, -0.05) is 18.2 Å². The van der Waals surface area contributed by atoms with Gasteiger partial charge < -0.3 is 15.4 Å². The summed E-state index contributed by atoms with van der Waals surface area (Å²) in [6.07, 6.45) is 3.92. The Kier molecular flexibility index (Phi) is 3.29. The Morgan fingerprint density at radius 3 is 3.12 bits per heavy atom. The van der Waals surface area contributed by atoms with Crippen molar-refractivity contribution in [1.29, 1.82) is 0 Å². The van der Waals surface area contributed by atoms with E-state index in [9.17, 15) is 0 Å². The molecule has 0 aliphatic carbocycles. The van der Waals surface area contributed by atoms with E-state index in [0.717, 1.165) is 25.3 Å². The Hall–Kier alpha value is -1.06. The normalized spacial score (nSPS) is 27.5. The van der Waals surface area contributed by atoms with Gasteiger partial charge in [-0.2, -0.15) is 0 Å². The molecule has 2 N–H and O–H groups in total. The number of nitrogens with one attached hydrogen (secondary N) is 2. The Morgan fingerprint density at radius 2 is 2.29 bits per heavy atom. The zero-order valence-corrected chi connectivity index (χ0v) is 10.1. The fourth-order valence-electron chi connectivity index (χ4n) is 2.69. The number of fused-ring (bicyclic) bond motifs is 1. The van der Waals surface area contributed by atoms with E-state index in [4.69, 9.17) is 4.74 Å². The average molecular weight is 232 g/mol. The summed E-state index contributed by atoms with van der Waals surface area (Å²) in [6, 6.07) is 8.98. The van der Waals surface area contributed by atoms with Gasteiger partial charge in [-0.15, -0.1) is 0 Å². The summed E-state index contributed by atoms with van der Waals surface area (Å²) in [7, 11) is 0. The number of benzene rings is 1. The molecule has 0 aromatic heterocycles. The first-order valence-electron chi connectivity index (χ1n) is 6.60. The van der Waals surface area contributed by atoms with Crippen LogP contribution in [0.1, 0.15) is 18.4 Å². The third-order valence-corrected chi connectivity index (χ3v) is 3.64. The second kappa shape index (κ2) is 5.07. The van der Waals surface area contributed by atoms with Crippen molar-refractivity contribution < 1.29 is 4.74 Å². The van der Waals surface area contributed by atoms with Crippen molar-refractivity contribution in [3.05, 3.63) is 29.8 Å². The minimum absolute atomic E-state index is 0.314. The standard InChI is InChI=1S/C14H20N2O/c1-2-6-14-11(4-1)8-13(17-14)10-16-12-5-3-7-15-9-12/h1-2,4,6,12-13,15-16H,3,5,7-10H2. The Labute approximate surface area is 103 Å². The van der Waals surface area contributed by atoms with Crippen molar-refractivity contribution >= 4 is 0 Å². The van der Waals surface area contributed by atoms with Crippen LogP contribution in [0, 0.1) is 0 Å². The van der Waals surface area contributed by atoms with E-state index in [-0.39, 0.29) is 0 Å². The van der Waals surface area contributed by atoms with E-state index in [1.807, 2.05) is 6.07 Å². The highest BCUT2D eigenvalue weighted by Gasteiger charge is 2.23. The number of ether oxygens (including phenoxy) is 1. The van der Waals surface area contributed by atoms with Crippen molar-refractivity contribution in [3.8, 4) is 5.75 Å². The molecule has 2 heterocycles. The first-order valence-corrected chi connectivity index (χ1v) is 6.60. The maximum absolute atomic E-state index is 5.92. The molecule has 3 rings (SSSR count). The fraction of sp³-hybridized carbons (Fsp3) is 0.571. The molecular formula is C14H20N2O. The highest BCUT2D eigenvalue weighted by Crippen LogP contribution is 2.27. The smallest absolute Gasteiger partial charge is 0.123 e. The summed E-state index contributed by atoms with van der Waals surface area (Å²) >= 11 is 0. The van der Waals surface area contributed by atoms with Crippen LogP contribution < -0.4 is 15.4 Å². The van der Waals surface area contributed by atoms with Crippen LogP contribution in [-0.2, 0) is 6.42 Å². The van der Waals surface area contributed by atoms with Crippen LogP contribution in [0.3, 0.4) is 0 Å². The van der Waals surface area contributed by atoms with Gasteiger partial charge in [0.25, 0.3) is 0 Å². The summed E-state index contributed by atoms with van der Waals surface area (Å²) < 4.78 is 5.92. The minimum Gasteiger partial charge on any atom is -0.488 e. The molecule has 2 unspecified atom stereocenters. The van der Waals surface area contributed by atoms with Crippen LogP contribution in [0.25, 0.3) is 0 Å². The quantitative estimate of drug-likeness (QED) is 0.825. The topological polar surface area (TPSA) is 33.3 Å². The molecule has 3 nitrogen and oxygen atoms in total. The lowest BCUT2D eigenvalue weighted by molar-refractivity contribution is 0.216. The third kappa shape index (κ3) is 2.61. The zero-order chi connectivity index (χ0) is 11.5. The number of para-hydroxylation sites is 1. The van der Waals surface area contributed by atoms with Crippen LogP contribution in [0.2, 0.25) is 0 Å². The van der Waals surface area contributed by atoms with E-state index in [0.29, 0.717) is 12.1 Å². The van der Waals surface area contributed by atoms with E-state index in [1.165, 1.54) is 24.9 Å². The molecule has 1 saturated heterocycles. The van der Waals surface area contributed by atoms with E-state index >= 15 is 0 Å². The Morgan fingerprint density at radius 1 is 1.35 bits per heavy atom. The molecule has 17 heavy (non-hydrogen) atoms. The molecular weight excluding hydrogens is 212 g/mol. The summed E-state index contributed by atoms with van der Waals surface area (Å²) in [5, 5.41) is 7.03. The monoisotopic (exact) mass is 232 g/mol. The highest BCUT2D eigenvalue weighted by molar-refractivity contribution is 5.37. The van der Waals surface area contributed by atoms with Gasteiger partial charge in [0.1, 0.15) is 11.9 Å². The minimum atomic E-state index is 0.314. The molecule has 1 aromatic rings. The maximum atomic E-state index is 5.92. The SMILES string of the molecule is c1ccc2c(c1)CC(CNC1CCCNC1)O2. The van der Waals surface area contributed by atoms with Gasteiger partial charge in [-0.05, 0) is 31.0 Å². The van der Waals surface area contributed by atoms with Gasteiger partial charge in [-0.3, -0.25) is 0 Å². The molecule has 0 saturated carbocycles. The van der Waals surface area contributed by atoms with Gasteiger partial charge in [0.05, 0.1) is 0 Å². The zero-order valence-electron chi connectivity index (χ0n) is 10.1. The Balaban J connectivity index is 1.48. The molecule has 1 fully saturated rings. The molecule has 2 atom stereocenters. The van der Waals surface area contributed by atoms with E-state index in [2.05, 4.69) is 28.8 Å². The molecule has 0 radical (unpaired) electrons. The first-order chi connectivity index (χ1) is 8.42. The van der Waals surface area contributed by atoms with Gasteiger partial charge in [0, 0.05) is 25.6 Å². The lowest BCUT2D eigenvalue weighted by atomic mass is 10.1. The molecule has 1 aromatic carbocycles. The second-order valence-corrected chi connectivity index (χ2v) is 5.00. The van der Waals surface area contributed by atoms with Crippen molar-refractivity contribution in [2.45, 2.75) is 31.4 Å². The summed E-state index contributed by atoms with van der Waals surface area (Å²) in [4.78, 5) is 0. The molecule has 2 aliphatic heterocycles. The Bertz CT molecular complexity index is 349. The molecule has 0 bridgehead atoms. The molecule has 92 valence electrons. The third-order valence-electron chi connectivity index (χ3n) is 3.64. The maximum Gasteiger partial charge on any atom is 0.123 e. The van der Waals surface area contributed by atoms with Gasteiger partial charge in [-0.25, -0.2) is 0 Å². The van der Waals surface area contributed by atoms with Gasteiger partial charge >= 0.3 is 0 Å². The molecule has 0 amide bonds. The van der Waals surface area contributed by atoms with Crippen molar-refractivity contribution in [3.63, 3.8) is 0 Å². The van der Waals surface area contributed by atoms with Crippen LogP contribution in [0.5, 0.6) is 5.75 Å². The number of piperidine rings is 1. The highest BCUT2D eigenvalue weighted by atomic mass is 16.5. The average Bonchev–Trinajstić information content (AvgIpc) is 2.80. The largest absolute Gasteiger partial charge is 0.488 e. The van der Waals surface area contributed by atoms with Crippen molar-refractivity contribution in [1.82, 2.24) is 10.6 Å². The van der Waals surface area contributed by atoms with Crippen molar-refractivity contribution in [2.75, 3.05) is 19.6 Å². The van der Waals surface area contributed by atoms with Crippen LogP contribution in [0.15, 0.2) is 24.3 Å². The predicted molar refractivity (Wildman–Crippen MR) is 68.5 cm³/mol. The van der Waals surface area contributed by atoms with Gasteiger partial charge in [0.2, 0.25) is 0 Å². The number of hydrogen-bond donors (Lipinski definition) is 2. The summed E-state index contributed by atoms with van der Waals surface area (Å²) in [6.45, 7) is 3.23. The number of hydrogen-bond acceptors (Lipinski definition) is 3. The lowest BCUT2D eigenvalue weighted by Gasteiger charge is -2.25. The van der Waals surface area contributed by atoms with Crippen LogP contribution >= 0.6 is 0 Å².